The highest BCUT2D eigenvalue weighted by molar-refractivity contribution is 5.94. The number of nitrogens with zero attached hydrogens (tertiary/aromatic N) is 1. The number of hydrogen-bond donors (Lipinski definition) is 2. The minimum atomic E-state index is -0.371. The van der Waals surface area contributed by atoms with Crippen LogP contribution in [0, 0.1) is 0 Å². The van der Waals surface area contributed by atoms with Crippen molar-refractivity contribution in [2.24, 2.45) is 0 Å². The van der Waals surface area contributed by atoms with Gasteiger partial charge in [0, 0.05) is 17.9 Å². The van der Waals surface area contributed by atoms with Crippen molar-refractivity contribution in [3.63, 3.8) is 0 Å². The minimum Gasteiger partial charge on any atom is -0.368 e. The molecule has 6 nitrogen and oxygen atoms in total. The Labute approximate surface area is 140 Å². The first-order valence-corrected chi connectivity index (χ1v) is 7.88. The molecule has 1 unspecified atom stereocenters. The number of nitrogens with one attached hydrogen (secondary N) is 2. The highest BCUT2D eigenvalue weighted by Crippen LogP contribution is 2.19. The van der Waals surface area contributed by atoms with Gasteiger partial charge in [-0.25, -0.2) is 4.98 Å². The molecule has 0 spiro atoms. The van der Waals surface area contributed by atoms with Gasteiger partial charge in [-0.15, -0.1) is 0 Å². The summed E-state index contributed by atoms with van der Waals surface area (Å²) >= 11 is 0. The molecule has 24 heavy (non-hydrogen) atoms. The van der Waals surface area contributed by atoms with E-state index < -0.39 is 0 Å². The van der Waals surface area contributed by atoms with Crippen molar-refractivity contribution in [1.82, 2.24) is 4.98 Å². The van der Waals surface area contributed by atoms with E-state index in [9.17, 15) is 9.59 Å². The molecular weight excluding hydrogens is 306 g/mol. The number of Topliss-reactive ketones (excluding diaryl/α,β-unsaturated/α-hetero) is 1. The SMILES string of the molecule is CC(=O)c1ccc(Nc2ccc(NC(=O)C3CCCO3)nc2)cc1. The quantitative estimate of drug-likeness (QED) is 0.826. The van der Waals surface area contributed by atoms with Gasteiger partial charge in [-0.1, -0.05) is 0 Å². The number of rotatable bonds is 5. The van der Waals surface area contributed by atoms with E-state index in [2.05, 4.69) is 15.6 Å². The van der Waals surface area contributed by atoms with Crippen LogP contribution in [0.2, 0.25) is 0 Å². The van der Waals surface area contributed by atoms with Crippen molar-refractivity contribution in [1.29, 1.82) is 0 Å². The van der Waals surface area contributed by atoms with E-state index in [1.807, 2.05) is 18.2 Å². The van der Waals surface area contributed by atoms with Crippen LogP contribution in [0.1, 0.15) is 30.1 Å². The maximum absolute atomic E-state index is 12.0. The largest absolute Gasteiger partial charge is 0.368 e. The number of benzene rings is 1. The Bertz CT molecular complexity index is 720. The number of amides is 1. The Hall–Kier alpha value is -2.73. The lowest BCUT2D eigenvalue weighted by Gasteiger charge is -2.11. The van der Waals surface area contributed by atoms with Crippen LogP contribution in [0.4, 0.5) is 17.2 Å². The maximum Gasteiger partial charge on any atom is 0.254 e. The summed E-state index contributed by atoms with van der Waals surface area (Å²) in [5.74, 6) is 0.378. The van der Waals surface area contributed by atoms with Crippen LogP contribution in [0.5, 0.6) is 0 Å². The van der Waals surface area contributed by atoms with Crippen LogP contribution < -0.4 is 10.6 Å². The van der Waals surface area contributed by atoms with Crippen molar-refractivity contribution in [2.75, 3.05) is 17.2 Å². The summed E-state index contributed by atoms with van der Waals surface area (Å²) in [5.41, 5.74) is 2.32. The smallest absolute Gasteiger partial charge is 0.254 e. The van der Waals surface area contributed by atoms with Gasteiger partial charge in [0.2, 0.25) is 0 Å². The average Bonchev–Trinajstić information content (AvgIpc) is 3.12. The molecule has 124 valence electrons. The summed E-state index contributed by atoms with van der Waals surface area (Å²) in [6.45, 7) is 2.17. The molecule has 1 atom stereocenters. The second kappa shape index (κ2) is 7.23. The molecule has 1 fully saturated rings. The zero-order chi connectivity index (χ0) is 16.9. The number of aromatic nitrogens is 1. The molecule has 0 aliphatic carbocycles. The second-order valence-corrected chi connectivity index (χ2v) is 5.68. The molecule has 2 heterocycles. The molecule has 1 aromatic heterocycles. The molecule has 1 aromatic carbocycles. The Balaban J connectivity index is 1.59. The van der Waals surface area contributed by atoms with Gasteiger partial charge in [0.15, 0.2) is 5.78 Å². The fraction of sp³-hybridized carbons (Fsp3) is 0.278. The fourth-order valence-electron chi connectivity index (χ4n) is 2.49. The first kappa shape index (κ1) is 16.1. The summed E-state index contributed by atoms with van der Waals surface area (Å²) in [4.78, 5) is 27.4. The minimum absolute atomic E-state index is 0.0366. The monoisotopic (exact) mass is 325 g/mol. The predicted octanol–water partition coefficient (Wildman–Crippen LogP) is 3.15. The van der Waals surface area contributed by atoms with Crippen molar-refractivity contribution >= 4 is 28.9 Å². The van der Waals surface area contributed by atoms with Gasteiger partial charge in [-0.3, -0.25) is 9.59 Å². The lowest BCUT2D eigenvalue weighted by molar-refractivity contribution is -0.124. The standard InChI is InChI=1S/C18H19N3O3/c1-12(22)13-4-6-14(7-5-13)20-15-8-9-17(19-11-15)21-18(23)16-3-2-10-24-16/h4-9,11,16,20H,2-3,10H2,1H3,(H,19,21,23). The topological polar surface area (TPSA) is 80.3 Å². The molecule has 1 saturated heterocycles. The van der Waals surface area contributed by atoms with Crippen molar-refractivity contribution in [3.05, 3.63) is 48.2 Å². The molecule has 1 aliphatic heterocycles. The predicted molar refractivity (Wildman–Crippen MR) is 91.6 cm³/mol. The number of pyridine rings is 1. The molecular formula is C18H19N3O3. The number of ether oxygens (including phenoxy) is 1. The number of anilines is 3. The second-order valence-electron chi connectivity index (χ2n) is 5.68. The molecule has 1 amide bonds. The molecule has 2 aromatic rings. The zero-order valence-corrected chi connectivity index (χ0v) is 13.4. The zero-order valence-electron chi connectivity index (χ0n) is 13.4. The molecule has 1 aliphatic rings. The van der Waals surface area contributed by atoms with Crippen molar-refractivity contribution < 1.29 is 14.3 Å². The number of ketones is 1. The van der Waals surface area contributed by atoms with Gasteiger partial charge < -0.3 is 15.4 Å². The first-order valence-electron chi connectivity index (χ1n) is 7.88. The van der Waals surface area contributed by atoms with E-state index in [-0.39, 0.29) is 17.8 Å². The summed E-state index contributed by atoms with van der Waals surface area (Å²) in [6.07, 6.45) is 2.94. The van der Waals surface area contributed by atoms with Gasteiger partial charge >= 0.3 is 0 Å². The molecule has 2 N–H and O–H groups in total. The number of hydrogen-bond acceptors (Lipinski definition) is 5. The summed E-state index contributed by atoms with van der Waals surface area (Å²) in [7, 11) is 0. The van der Waals surface area contributed by atoms with Crippen LogP contribution in [-0.2, 0) is 9.53 Å². The van der Waals surface area contributed by atoms with E-state index in [0.29, 0.717) is 18.0 Å². The molecule has 3 rings (SSSR count). The van der Waals surface area contributed by atoms with Gasteiger partial charge in [0.05, 0.1) is 11.9 Å². The molecule has 0 saturated carbocycles. The molecule has 0 bridgehead atoms. The van der Waals surface area contributed by atoms with Gasteiger partial charge in [-0.05, 0) is 56.2 Å². The van der Waals surface area contributed by atoms with E-state index in [1.165, 1.54) is 6.92 Å². The number of carbonyl (C=O) groups excluding carboxylic acids is 2. The summed E-state index contributed by atoms with van der Waals surface area (Å²) in [6, 6.07) is 10.8. The third kappa shape index (κ3) is 3.97. The van der Waals surface area contributed by atoms with E-state index in [1.54, 1.807) is 24.4 Å². The van der Waals surface area contributed by atoms with Crippen LogP contribution in [0.15, 0.2) is 42.6 Å². The number of carbonyl (C=O) groups is 2. The highest BCUT2D eigenvalue weighted by atomic mass is 16.5. The fourth-order valence-corrected chi connectivity index (χ4v) is 2.49. The molecule has 0 radical (unpaired) electrons. The highest BCUT2D eigenvalue weighted by Gasteiger charge is 2.23. The third-order valence-electron chi connectivity index (χ3n) is 3.82. The Morgan fingerprint density at radius 2 is 1.88 bits per heavy atom. The van der Waals surface area contributed by atoms with Crippen LogP contribution in [-0.4, -0.2) is 29.4 Å². The Kier molecular flexibility index (Phi) is 4.86. The third-order valence-corrected chi connectivity index (χ3v) is 3.82. The van der Waals surface area contributed by atoms with Gasteiger partial charge in [-0.2, -0.15) is 0 Å². The maximum atomic E-state index is 12.0. The van der Waals surface area contributed by atoms with E-state index in [0.717, 1.165) is 24.2 Å². The van der Waals surface area contributed by atoms with Crippen LogP contribution >= 0.6 is 0 Å². The lowest BCUT2D eigenvalue weighted by Crippen LogP contribution is -2.27. The van der Waals surface area contributed by atoms with Gasteiger partial charge in [0.1, 0.15) is 11.9 Å². The molecule has 6 heteroatoms. The van der Waals surface area contributed by atoms with Crippen LogP contribution in [0.3, 0.4) is 0 Å². The normalized spacial score (nSPS) is 16.6. The van der Waals surface area contributed by atoms with Crippen molar-refractivity contribution in [3.8, 4) is 0 Å². The Morgan fingerprint density at radius 3 is 2.46 bits per heavy atom. The van der Waals surface area contributed by atoms with Gasteiger partial charge in [0.25, 0.3) is 5.91 Å². The first-order chi connectivity index (χ1) is 11.6. The average molecular weight is 325 g/mol. The Morgan fingerprint density at radius 1 is 1.12 bits per heavy atom. The van der Waals surface area contributed by atoms with Crippen LogP contribution in [0.25, 0.3) is 0 Å². The van der Waals surface area contributed by atoms with E-state index in [4.69, 9.17) is 4.74 Å². The lowest BCUT2D eigenvalue weighted by atomic mass is 10.1. The summed E-state index contributed by atoms with van der Waals surface area (Å²) in [5, 5.41) is 5.95. The van der Waals surface area contributed by atoms with Crippen molar-refractivity contribution in [2.45, 2.75) is 25.9 Å². The van der Waals surface area contributed by atoms with E-state index >= 15 is 0 Å². The summed E-state index contributed by atoms with van der Waals surface area (Å²) < 4.78 is 5.34.